The third-order valence-corrected chi connectivity index (χ3v) is 3.76. The number of benzene rings is 2. The van der Waals surface area contributed by atoms with E-state index >= 15 is 0 Å². The first-order chi connectivity index (χ1) is 11.5. The number of amides is 1. The van der Waals surface area contributed by atoms with E-state index < -0.39 is 0 Å². The molecule has 0 radical (unpaired) electrons. The van der Waals surface area contributed by atoms with E-state index in [2.05, 4.69) is 16.4 Å². The van der Waals surface area contributed by atoms with Crippen LogP contribution in [0.1, 0.15) is 0 Å². The molecular formula is C19H20N4O. The Labute approximate surface area is 141 Å². The molecule has 2 aromatic carbocycles. The van der Waals surface area contributed by atoms with Crippen molar-refractivity contribution in [3.8, 4) is 11.1 Å². The van der Waals surface area contributed by atoms with Crippen molar-refractivity contribution in [2.75, 3.05) is 31.7 Å². The molecule has 0 aliphatic rings. The van der Waals surface area contributed by atoms with E-state index in [1.165, 1.54) is 0 Å². The smallest absolute Gasteiger partial charge is 0.238 e. The maximum absolute atomic E-state index is 11.8. The third kappa shape index (κ3) is 3.52. The van der Waals surface area contributed by atoms with Gasteiger partial charge >= 0.3 is 0 Å². The molecule has 5 nitrogen and oxygen atoms in total. The fraction of sp³-hybridized carbons (Fsp3) is 0.158. The first kappa shape index (κ1) is 16.0. The molecule has 0 bridgehead atoms. The number of pyridine rings is 1. The monoisotopic (exact) mass is 320 g/mol. The number of likely N-dealkylation sites (N-methyl/N-ethyl adjacent to an activating group) is 1. The Balaban J connectivity index is 1.83. The first-order valence-electron chi connectivity index (χ1n) is 7.72. The molecule has 0 aliphatic heterocycles. The number of carbonyl (C=O) groups is 1. The second kappa shape index (κ2) is 6.68. The van der Waals surface area contributed by atoms with E-state index in [-0.39, 0.29) is 5.91 Å². The van der Waals surface area contributed by atoms with Crippen molar-refractivity contribution in [2.45, 2.75) is 0 Å². The van der Waals surface area contributed by atoms with Gasteiger partial charge in [0.25, 0.3) is 0 Å². The number of anilines is 2. The van der Waals surface area contributed by atoms with Crippen molar-refractivity contribution >= 4 is 28.2 Å². The van der Waals surface area contributed by atoms with Crippen LogP contribution in [0.5, 0.6) is 0 Å². The maximum atomic E-state index is 11.8. The molecule has 0 spiro atoms. The van der Waals surface area contributed by atoms with Gasteiger partial charge in [0.05, 0.1) is 6.54 Å². The van der Waals surface area contributed by atoms with Crippen molar-refractivity contribution in [1.82, 2.24) is 9.88 Å². The molecule has 1 aromatic heterocycles. The quantitative estimate of drug-likeness (QED) is 0.775. The van der Waals surface area contributed by atoms with E-state index in [0.29, 0.717) is 12.4 Å². The Morgan fingerprint density at radius 2 is 1.79 bits per heavy atom. The minimum Gasteiger partial charge on any atom is -0.383 e. The van der Waals surface area contributed by atoms with Gasteiger partial charge in [-0.3, -0.25) is 4.79 Å². The van der Waals surface area contributed by atoms with Crippen LogP contribution in [0.3, 0.4) is 0 Å². The molecule has 3 aromatic rings. The fourth-order valence-corrected chi connectivity index (χ4v) is 2.60. The summed E-state index contributed by atoms with van der Waals surface area (Å²) in [6, 6.07) is 15.9. The molecule has 0 atom stereocenters. The molecule has 122 valence electrons. The highest BCUT2D eigenvalue weighted by atomic mass is 16.2. The van der Waals surface area contributed by atoms with Crippen molar-refractivity contribution < 1.29 is 4.79 Å². The van der Waals surface area contributed by atoms with Crippen LogP contribution in [0.15, 0.2) is 54.7 Å². The Kier molecular flexibility index (Phi) is 4.44. The van der Waals surface area contributed by atoms with Gasteiger partial charge < -0.3 is 16.0 Å². The lowest BCUT2D eigenvalue weighted by atomic mass is 10.0. The normalized spacial score (nSPS) is 11.0. The van der Waals surface area contributed by atoms with Gasteiger partial charge in [0, 0.05) is 17.3 Å². The number of nitrogens with one attached hydrogen (secondary N) is 1. The Bertz CT molecular complexity index is 872. The summed E-state index contributed by atoms with van der Waals surface area (Å²) in [5, 5.41) is 4.89. The topological polar surface area (TPSA) is 71.2 Å². The molecular weight excluding hydrogens is 300 g/mol. The van der Waals surface area contributed by atoms with Crippen molar-refractivity contribution in [1.29, 1.82) is 0 Å². The van der Waals surface area contributed by atoms with Crippen molar-refractivity contribution in [3.05, 3.63) is 54.7 Å². The summed E-state index contributed by atoms with van der Waals surface area (Å²) in [6.45, 7) is 0.360. The molecule has 0 saturated carbocycles. The molecule has 0 fully saturated rings. The highest BCUT2D eigenvalue weighted by Crippen LogP contribution is 2.27. The number of fused-ring (bicyclic) bond motifs is 1. The summed E-state index contributed by atoms with van der Waals surface area (Å²) in [5.41, 5.74) is 8.87. The van der Waals surface area contributed by atoms with Crippen LogP contribution in [0.25, 0.3) is 21.9 Å². The van der Waals surface area contributed by atoms with E-state index in [4.69, 9.17) is 5.73 Å². The number of carbonyl (C=O) groups excluding carboxylic acids is 1. The van der Waals surface area contributed by atoms with Crippen LogP contribution >= 0.6 is 0 Å². The van der Waals surface area contributed by atoms with E-state index in [1.807, 2.05) is 61.5 Å². The molecule has 5 heteroatoms. The standard InChI is InChI=1S/C19H20N4O/c1-23(2)12-18(24)22-16-7-5-13(6-8-16)15-4-3-14-9-10-21-19(20)17(14)11-15/h3-11H,12H2,1-2H3,(H2,20,21)(H,22,24). The number of nitrogens with two attached hydrogens (primary N) is 1. The zero-order valence-electron chi connectivity index (χ0n) is 13.8. The van der Waals surface area contributed by atoms with E-state index in [1.54, 1.807) is 6.20 Å². The van der Waals surface area contributed by atoms with Gasteiger partial charge in [-0.2, -0.15) is 0 Å². The lowest BCUT2D eigenvalue weighted by Crippen LogP contribution is -2.26. The molecule has 24 heavy (non-hydrogen) atoms. The Hall–Kier alpha value is -2.92. The van der Waals surface area contributed by atoms with Crippen LogP contribution < -0.4 is 11.1 Å². The van der Waals surface area contributed by atoms with Gasteiger partial charge in [-0.15, -0.1) is 0 Å². The summed E-state index contributed by atoms with van der Waals surface area (Å²) in [6.07, 6.45) is 1.71. The molecule has 0 aliphatic carbocycles. The SMILES string of the molecule is CN(C)CC(=O)Nc1ccc(-c2ccc3ccnc(N)c3c2)cc1. The number of aromatic nitrogens is 1. The third-order valence-electron chi connectivity index (χ3n) is 3.76. The Morgan fingerprint density at radius 1 is 1.08 bits per heavy atom. The molecule has 0 unspecified atom stereocenters. The second-order valence-electron chi connectivity index (χ2n) is 6.00. The van der Waals surface area contributed by atoms with Crippen molar-refractivity contribution in [2.24, 2.45) is 0 Å². The molecule has 3 rings (SSSR count). The van der Waals surface area contributed by atoms with Gasteiger partial charge in [-0.1, -0.05) is 24.3 Å². The average Bonchev–Trinajstić information content (AvgIpc) is 2.55. The lowest BCUT2D eigenvalue weighted by Gasteiger charge is -2.11. The van der Waals surface area contributed by atoms with Gasteiger partial charge in [0.1, 0.15) is 5.82 Å². The molecule has 1 heterocycles. The van der Waals surface area contributed by atoms with Gasteiger partial charge in [-0.05, 0) is 54.9 Å². The van der Waals surface area contributed by atoms with Gasteiger partial charge in [-0.25, -0.2) is 4.98 Å². The van der Waals surface area contributed by atoms with Crippen LogP contribution in [0.2, 0.25) is 0 Å². The zero-order valence-corrected chi connectivity index (χ0v) is 13.8. The molecule has 3 N–H and O–H groups in total. The summed E-state index contributed by atoms with van der Waals surface area (Å²) >= 11 is 0. The highest BCUT2D eigenvalue weighted by Gasteiger charge is 2.05. The molecule has 0 saturated heterocycles. The van der Waals surface area contributed by atoms with Gasteiger partial charge in [0.15, 0.2) is 0 Å². The second-order valence-corrected chi connectivity index (χ2v) is 6.00. The van der Waals surface area contributed by atoms with Gasteiger partial charge in [0.2, 0.25) is 5.91 Å². The van der Waals surface area contributed by atoms with E-state index in [0.717, 1.165) is 27.6 Å². The zero-order chi connectivity index (χ0) is 17.1. The number of hydrogen-bond acceptors (Lipinski definition) is 4. The summed E-state index contributed by atoms with van der Waals surface area (Å²) in [7, 11) is 3.73. The summed E-state index contributed by atoms with van der Waals surface area (Å²) < 4.78 is 0. The van der Waals surface area contributed by atoms with Crippen LogP contribution in [0, 0.1) is 0 Å². The van der Waals surface area contributed by atoms with Crippen LogP contribution in [-0.2, 0) is 4.79 Å². The maximum Gasteiger partial charge on any atom is 0.238 e. The summed E-state index contributed by atoms with van der Waals surface area (Å²) in [5.74, 6) is 0.499. The van der Waals surface area contributed by atoms with Crippen molar-refractivity contribution in [3.63, 3.8) is 0 Å². The number of rotatable bonds is 4. The molecule has 1 amide bonds. The van der Waals surface area contributed by atoms with E-state index in [9.17, 15) is 4.79 Å². The highest BCUT2D eigenvalue weighted by molar-refractivity contribution is 5.95. The van der Waals surface area contributed by atoms with Crippen LogP contribution in [-0.4, -0.2) is 36.4 Å². The number of nitrogen functional groups attached to an aromatic ring is 1. The minimum atomic E-state index is -0.0303. The predicted octanol–water partition coefficient (Wildman–Crippen LogP) is 2.98. The minimum absolute atomic E-state index is 0.0303. The number of hydrogen-bond donors (Lipinski definition) is 2. The average molecular weight is 320 g/mol. The largest absolute Gasteiger partial charge is 0.383 e. The predicted molar refractivity (Wildman–Crippen MR) is 98.8 cm³/mol. The fourth-order valence-electron chi connectivity index (χ4n) is 2.60. The first-order valence-corrected chi connectivity index (χ1v) is 7.72. The number of nitrogens with zero attached hydrogens (tertiary/aromatic N) is 2. The summed E-state index contributed by atoms with van der Waals surface area (Å²) in [4.78, 5) is 17.8. The Morgan fingerprint density at radius 3 is 2.50 bits per heavy atom. The van der Waals surface area contributed by atoms with Crippen LogP contribution in [0.4, 0.5) is 11.5 Å². The lowest BCUT2D eigenvalue weighted by molar-refractivity contribution is -0.116.